The maximum Gasteiger partial charge on any atom is 0.213 e. The summed E-state index contributed by atoms with van der Waals surface area (Å²) in [5.74, 6) is 1.43. The first kappa shape index (κ1) is 11.3. The summed E-state index contributed by atoms with van der Waals surface area (Å²) in [5.41, 5.74) is 0.810. The monoisotopic (exact) mass is 206 g/mol. The zero-order valence-corrected chi connectivity index (χ0v) is 9.15. The molecule has 0 radical (unpaired) electrons. The van der Waals surface area contributed by atoms with Crippen molar-refractivity contribution in [1.82, 2.24) is 4.98 Å². The zero-order valence-electron chi connectivity index (χ0n) is 9.15. The van der Waals surface area contributed by atoms with Crippen LogP contribution in [0.4, 0.5) is 0 Å². The molecule has 0 aliphatic rings. The molecule has 0 atom stereocenters. The minimum absolute atomic E-state index is 0.0354. The van der Waals surface area contributed by atoms with Gasteiger partial charge in [-0.1, -0.05) is 13.8 Å². The number of nitrogens with zero attached hydrogens (tertiary/aromatic N) is 2. The normalized spacial score (nSPS) is 9.80. The van der Waals surface area contributed by atoms with E-state index in [4.69, 9.17) is 14.7 Å². The maximum atomic E-state index is 8.44. The largest absolute Gasteiger partial charge is 0.481 e. The van der Waals surface area contributed by atoms with Gasteiger partial charge in [-0.3, -0.25) is 0 Å². The van der Waals surface area contributed by atoms with Crippen LogP contribution < -0.4 is 9.47 Å². The standard InChI is InChI=1S/C11H14N2O2/c1-8(2)11-9(15-7-6-12)4-5-10(13-11)14-3/h4-5,8H,7H2,1-3H3. The molecule has 0 amide bonds. The fraction of sp³-hybridized carbons (Fsp3) is 0.455. The zero-order chi connectivity index (χ0) is 11.3. The second kappa shape index (κ2) is 5.20. The van der Waals surface area contributed by atoms with Crippen LogP contribution in [-0.2, 0) is 0 Å². The van der Waals surface area contributed by atoms with E-state index in [9.17, 15) is 0 Å². The molecule has 0 fully saturated rings. The van der Waals surface area contributed by atoms with Gasteiger partial charge in [-0.05, 0) is 12.0 Å². The number of methoxy groups -OCH3 is 1. The first-order valence-corrected chi connectivity index (χ1v) is 4.73. The average Bonchev–Trinajstić information content (AvgIpc) is 2.26. The first-order chi connectivity index (χ1) is 7.19. The van der Waals surface area contributed by atoms with E-state index in [1.165, 1.54) is 0 Å². The fourth-order valence-electron chi connectivity index (χ4n) is 1.20. The fourth-order valence-corrected chi connectivity index (χ4v) is 1.20. The summed E-state index contributed by atoms with van der Waals surface area (Å²) < 4.78 is 10.3. The Labute approximate surface area is 89.5 Å². The molecule has 15 heavy (non-hydrogen) atoms. The summed E-state index contributed by atoms with van der Waals surface area (Å²) >= 11 is 0. The Morgan fingerprint density at radius 3 is 2.73 bits per heavy atom. The van der Waals surface area contributed by atoms with Crippen LogP contribution >= 0.6 is 0 Å². The number of hydrogen-bond acceptors (Lipinski definition) is 4. The van der Waals surface area contributed by atoms with E-state index in [-0.39, 0.29) is 12.5 Å². The second-order valence-corrected chi connectivity index (χ2v) is 3.34. The van der Waals surface area contributed by atoms with Gasteiger partial charge in [-0.25, -0.2) is 4.98 Å². The molecule has 0 spiro atoms. The van der Waals surface area contributed by atoms with Crippen molar-refractivity contribution in [2.75, 3.05) is 13.7 Å². The molecule has 80 valence electrons. The number of rotatable bonds is 4. The lowest BCUT2D eigenvalue weighted by atomic mass is 10.1. The third kappa shape index (κ3) is 2.84. The lowest BCUT2D eigenvalue weighted by Crippen LogP contribution is -2.02. The van der Waals surface area contributed by atoms with Crippen molar-refractivity contribution in [3.63, 3.8) is 0 Å². The third-order valence-corrected chi connectivity index (χ3v) is 1.91. The van der Waals surface area contributed by atoms with E-state index in [1.54, 1.807) is 19.2 Å². The Morgan fingerprint density at radius 1 is 1.47 bits per heavy atom. The highest BCUT2D eigenvalue weighted by molar-refractivity contribution is 5.33. The Bertz CT molecular complexity index is 369. The predicted octanol–water partition coefficient (Wildman–Crippen LogP) is 2.12. The SMILES string of the molecule is COc1ccc(OCC#N)c(C(C)C)n1. The Hall–Kier alpha value is -1.76. The van der Waals surface area contributed by atoms with E-state index >= 15 is 0 Å². The van der Waals surface area contributed by atoms with Crippen LogP contribution in [0.5, 0.6) is 11.6 Å². The summed E-state index contributed by atoms with van der Waals surface area (Å²) in [4.78, 5) is 4.29. The Morgan fingerprint density at radius 2 is 2.20 bits per heavy atom. The molecule has 0 saturated carbocycles. The summed E-state index contributed by atoms with van der Waals surface area (Å²) in [6, 6.07) is 5.43. The molecule has 4 nitrogen and oxygen atoms in total. The molecule has 0 bridgehead atoms. The molecule has 1 rings (SSSR count). The number of aromatic nitrogens is 1. The van der Waals surface area contributed by atoms with Gasteiger partial charge >= 0.3 is 0 Å². The number of ether oxygens (including phenoxy) is 2. The summed E-state index contributed by atoms with van der Waals surface area (Å²) in [7, 11) is 1.57. The number of nitriles is 1. The number of pyridine rings is 1. The van der Waals surface area contributed by atoms with Crippen LogP contribution in [-0.4, -0.2) is 18.7 Å². The summed E-state index contributed by atoms with van der Waals surface area (Å²) in [6.45, 7) is 4.07. The van der Waals surface area contributed by atoms with Crippen molar-refractivity contribution in [2.24, 2.45) is 0 Å². The number of hydrogen-bond donors (Lipinski definition) is 0. The first-order valence-electron chi connectivity index (χ1n) is 4.73. The molecule has 0 unspecified atom stereocenters. The lowest BCUT2D eigenvalue weighted by Gasteiger charge is -2.12. The van der Waals surface area contributed by atoms with Crippen molar-refractivity contribution in [3.05, 3.63) is 17.8 Å². The molecular weight excluding hydrogens is 192 g/mol. The minimum Gasteiger partial charge on any atom is -0.481 e. The van der Waals surface area contributed by atoms with Crippen LogP contribution in [0.1, 0.15) is 25.5 Å². The van der Waals surface area contributed by atoms with E-state index in [0.29, 0.717) is 11.6 Å². The van der Waals surface area contributed by atoms with Crippen LogP contribution in [0.3, 0.4) is 0 Å². The molecule has 0 aliphatic heterocycles. The van der Waals surface area contributed by atoms with E-state index in [1.807, 2.05) is 19.9 Å². The molecule has 0 aliphatic carbocycles. The van der Waals surface area contributed by atoms with Crippen molar-refractivity contribution >= 4 is 0 Å². The van der Waals surface area contributed by atoms with E-state index in [2.05, 4.69) is 4.98 Å². The predicted molar refractivity (Wildman–Crippen MR) is 56.0 cm³/mol. The highest BCUT2D eigenvalue weighted by Crippen LogP contribution is 2.26. The maximum absolute atomic E-state index is 8.44. The molecule has 1 aromatic heterocycles. The van der Waals surface area contributed by atoms with Crippen molar-refractivity contribution in [2.45, 2.75) is 19.8 Å². The third-order valence-electron chi connectivity index (χ3n) is 1.91. The van der Waals surface area contributed by atoms with Gasteiger partial charge in [0.2, 0.25) is 5.88 Å². The molecule has 1 heterocycles. The minimum atomic E-state index is 0.0354. The van der Waals surface area contributed by atoms with Gasteiger partial charge in [0.15, 0.2) is 6.61 Å². The van der Waals surface area contributed by atoms with Crippen molar-refractivity contribution in [3.8, 4) is 17.7 Å². The van der Waals surface area contributed by atoms with Gasteiger partial charge in [0.05, 0.1) is 12.8 Å². The van der Waals surface area contributed by atoms with E-state index < -0.39 is 0 Å². The van der Waals surface area contributed by atoms with Gasteiger partial charge in [0.25, 0.3) is 0 Å². The van der Waals surface area contributed by atoms with Crippen molar-refractivity contribution in [1.29, 1.82) is 5.26 Å². The van der Waals surface area contributed by atoms with Crippen LogP contribution in [0.2, 0.25) is 0 Å². The topological polar surface area (TPSA) is 55.1 Å². The molecule has 0 N–H and O–H groups in total. The van der Waals surface area contributed by atoms with Crippen LogP contribution in [0, 0.1) is 11.3 Å². The highest BCUT2D eigenvalue weighted by Gasteiger charge is 2.11. The molecule has 0 aromatic carbocycles. The summed E-state index contributed by atoms with van der Waals surface area (Å²) in [5, 5.41) is 8.44. The van der Waals surface area contributed by atoms with Gasteiger partial charge in [0, 0.05) is 6.07 Å². The molecular formula is C11H14N2O2. The molecule has 0 saturated heterocycles. The van der Waals surface area contributed by atoms with Gasteiger partial charge in [-0.15, -0.1) is 0 Å². The van der Waals surface area contributed by atoms with Gasteiger partial charge in [0.1, 0.15) is 11.8 Å². The summed E-state index contributed by atoms with van der Waals surface area (Å²) in [6.07, 6.45) is 0. The Kier molecular flexibility index (Phi) is 3.92. The highest BCUT2D eigenvalue weighted by atomic mass is 16.5. The van der Waals surface area contributed by atoms with Crippen molar-refractivity contribution < 1.29 is 9.47 Å². The Balaban J connectivity index is 2.99. The smallest absolute Gasteiger partial charge is 0.213 e. The van der Waals surface area contributed by atoms with Crippen LogP contribution in [0.25, 0.3) is 0 Å². The van der Waals surface area contributed by atoms with Crippen LogP contribution in [0.15, 0.2) is 12.1 Å². The molecule has 4 heteroatoms. The average molecular weight is 206 g/mol. The van der Waals surface area contributed by atoms with Gasteiger partial charge < -0.3 is 9.47 Å². The lowest BCUT2D eigenvalue weighted by molar-refractivity contribution is 0.352. The second-order valence-electron chi connectivity index (χ2n) is 3.34. The van der Waals surface area contributed by atoms with Gasteiger partial charge in [-0.2, -0.15) is 5.26 Å². The van der Waals surface area contributed by atoms with E-state index in [0.717, 1.165) is 5.69 Å². The molecule has 1 aromatic rings. The quantitative estimate of drug-likeness (QED) is 0.757.